The molecule has 0 radical (unpaired) electrons. The standard InChI is InChI=1S/C15H11ClN4OS2/c1-19-13(21)12-11(6-7-22-12)20-14(19)17-18-15(20)23-8-9-4-2-3-5-10(9)16/h2-7H,8H2,1H3. The lowest BCUT2D eigenvalue weighted by Crippen LogP contribution is -2.18. The Morgan fingerprint density at radius 1 is 1.26 bits per heavy atom. The largest absolute Gasteiger partial charge is 0.279 e. The smallest absolute Gasteiger partial charge is 0.272 e. The van der Waals surface area contributed by atoms with Crippen molar-refractivity contribution in [1.29, 1.82) is 0 Å². The number of thiophene rings is 1. The molecule has 5 nitrogen and oxygen atoms in total. The van der Waals surface area contributed by atoms with E-state index in [1.807, 2.05) is 40.1 Å². The van der Waals surface area contributed by atoms with E-state index in [0.717, 1.165) is 21.3 Å². The lowest BCUT2D eigenvalue weighted by Gasteiger charge is -2.05. The highest BCUT2D eigenvalue weighted by Crippen LogP contribution is 2.28. The van der Waals surface area contributed by atoms with Gasteiger partial charge in [0, 0.05) is 17.8 Å². The van der Waals surface area contributed by atoms with Crippen molar-refractivity contribution in [3.8, 4) is 0 Å². The normalized spacial score (nSPS) is 11.6. The number of halogens is 1. The van der Waals surface area contributed by atoms with E-state index in [9.17, 15) is 4.79 Å². The molecule has 0 aliphatic heterocycles. The highest BCUT2D eigenvalue weighted by atomic mass is 35.5. The molecule has 1 aromatic carbocycles. The molecule has 0 saturated heterocycles. The molecule has 0 spiro atoms. The molecule has 0 saturated carbocycles. The maximum atomic E-state index is 12.3. The van der Waals surface area contributed by atoms with Gasteiger partial charge in [-0.2, -0.15) is 0 Å². The molecule has 0 N–H and O–H groups in total. The van der Waals surface area contributed by atoms with Crippen LogP contribution < -0.4 is 5.56 Å². The monoisotopic (exact) mass is 362 g/mol. The highest BCUT2D eigenvalue weighted by molar-refractivity contribution is 7.98. The number of aromatic nitrogens is 4. The van der Waals surface area contributed by atoms with Crippen LogP contribution in [0.25, 0.3) is 16.0 Å². The van der Waals surface area contributed by atoms with Crippen LogP contribution in [-0.2, 0) is 12.8 Å². The first-order chi connectivity index (χ1) is 11.2. The number of hydrogen-bond acceptors (Lipinski definition) is 5. The van der Waals surface area contributed by atoms with E-state index in [-0.39, 0.29) is 5.56 Å². The third kappa shape index (κ3) is 2.36. The Balaban J connectivity index is 1.82. The molecule has 0 aliphatic rings. The predicted octanol–water partition coefficient (Wildman–Crippen LogP) is 3.59. The number of rotatable bonds is 3. The molecule has 0 amide bonds. The second-order valence-electron chi connectivity index (χ2n) is 5.00. The first kappa shape index (κ1) is 14.7. The van der Waals surface area contributed by atoms with Gasteiger partial charge in [-0.05, 0) is 23.1 Å². The Labute approximate surface area is 144 Å². The fourth-order valence-corrected chi connectivity index (χ4v) is 4.50. The average Bonchev–Trinajstić information content (AvgIpc) is 3.18. The molecule has 0 unspecified atom stereocenters. The molecular weight excluding hydrogens is 352 g/mol. The third-order valence-electron chi connectivity index (χ3n) is 3.62. The van der Waals surface area contributed by atoms with Crippen LogP contribution in [0.15, 0.2) is 45.7 Å². The van der Waals surface area contributed by atoms with Gasteiger partial charge in [-0.15, -0.1) is 21.5 Å². The first-order valence-corrected chi connectivity index (χ1v) is 9.08. The van der Waals surface area contributed by atoms with Crippen LogP contribution >= 0.6 is 34.7 Å². The summed E-state index contributed by atoms with van der Waals surface area (Å²) < 4.78 is 4.17. The molecule has 0 atom stereocenters. The van der Waals surface area contributed by atoms with E-state index in [4.69, 9.17) is 11.6 Å². The van der Waals surface area contributed by atoms with Gasteiger partial charge in [0.25, 0.3) is 5.56 Å². The van der Waals surface area contributed by atoms with Crippen LogP contribution in [0.2, 0.25) is 5.02 Å². The van der Waals surface area contributed by atoms with Crippen molar-refractivity contribution < 1.29 is 0 Å². The minimum atomic E-state index is -0.0439. The van der Waals surface area contributed by atoms with E-state index in [1.54, 1.807) is 18.8 Å². The molecule has 3 heterocycles. The molecule has 0 bridgehead atoms. The number of nitrogens with zero attached hydrogens (tertiary/aromatic N) is 4. The summed E-state index contributed by atoms with van der Waals surface area (Å²) in [5, 5.41) is 11.8. The van der Waals surface area contributed by atoms with Crippen LogP contribution in [0.3, 0.4) is 0 Å². The predicted molar refractivity (Wildman–Crippen MR) is 94.6 cm³/mol. The Morgan fingerprint density at radius 2 is 2.09 bits per heavy atom. The van der Waals surface area contributed by atoms with Crippen LogP contribution in [0, 0.1) is 0 Å². The minimum absolute atomic E-state index is 0.0439. The summed E-state index contributed by atoms with van der Waals surface area (Å²) >= 11 is 9.19. The molecule has 8 heteroatoms. The average molecular weight is 363 g/mol. The van der Waals surface area contributed by atoms with Crippen molar-refractivity contribution in [3.63, 3.8) is 0 Å². The number of thioether (sulfide) groups is 1. The van der Waals surface area contributed by atoms with Gasteiger partial charge in [0.05, 0.1) is 5.52 Å². The van der Waals surface area contributed by atoms with Crippen molar-refractivity contribution in [2.24, 2.45) is 7.05 Å². The molecule has 3 aromatic heterocycles. The van der Waals surface area contributed by atoms with Crippen molar-refractivity contribution in [2.45, 2.75) is 10.9 Å². The Kier molecular flexibility index (Phi) is 3.63. The van der Waals surface area contributed by atoms with E-state index in [0.29, 0.717) is 16.2 Å². The second-order valence-corrected chi connectivity index (χ2v) is 7.26. The van der Waals surface area contributed by atoms with Crippen molar-refractivity contribution in [1.82, 2.24) is 19.2 Å². The van der Waals surface area contributed by atoms with Crippen molar-refractivity contribution >= 4 is 50.7 Å². The van der Waals surface area contributed by atoms with E-state index in [2.05, 4.69) is 10.2 Å². The molecule has 4 aromatic rings. The lowest BCUT2D eigenvalue weighted by molar-refractivity contribution is 0.856. The fourth-order valence-electron chi connectivity index (χ4n) is 2.42. The van der Waals surface area contributed by atoms with Gasteiger partial charge in [-0.25, -0.2) is 0 Å². The zero-order valence-corrected chi connectivity index (χ0v) is 14.5. The number of aryl methyl sites for hydroxylation is 1. The van der Waals surface area contributed by atoms with Gasteiger partial charge >= 0.3 is 0 Å². The van der Waals surface area contributed by atoms with Crippen LogP contribution in [-0.4, -0.2) is 19.2 Å². The molecule has 23 heavy (non-hydrogen) atoms. The van der Waals surface area contributed by atoms with E-state index in [1.165, 1.54) is 15.9 Å². The minimum Gasteiger partial charge on any atom is -0.279 e. The van der Waals surface area contributed by atoms with Gasteiger partial charge in [0.2, 0.25) is 5.78 Å². The Hall–Kier alpha value is -1.83. The summed E-state index contributed by atoms with van der Waals surface area (Å²) in [6.45, 7) is 0. The number of benzene rings is 1. The summed E-state index contributed by atoms with van der Waals surface area (Å²) in [6, 6.07) is 9.67. The Bertz CT molecular complexity index is 1080. The maximum Gasteiger partial charge on any atom is 0.272 e. The van der Waals surface area contributed by atoms with Gasteiger partial charge in [0.15, 0.2) is 5.16 Å². The maximum absolute atomic E-state index is 12.3. The zero-order chi connectivity index (χ0) is 16.0. The first-order valence-electron chi connectivity index (χ1n) is 6.84. The van der Waals surface area contributed by atoms with Crippen LogP contribution in [0.1, 0.15) is 5.56 Å². The number of hydrogen-bond donors (Lipinski definition) is 0. The van der Waals surface area contributed by atoms with E-state index >= 15 is 0 Å². The summed E-state index contributed by atoms with van der Waals surface area (Å²) in [5.41, 5.74) is 1.85. The van der Waals surface area contributed by atoms with E-state index < -0.39 is 0 Å². The summed E-state index contributed by atoms with van der Waals surface area (Å²) in [4.78, 5) is 12.3. The fraction of sp³-hybridized carbons (Fsp3) is 0.133. The molecular formula is C15H11ClN4OS2. The molecule has 116 valence electrons. The van der Waals surface area contributed by atoms with Gasteiger partial charge < -0.3 is 0 Å². The third-order valence-corrected chi connectivity index (χ3v) is 5.85. The van der Waals surface area contributed by atoms with Crippen molar-refractivity contribution in [3.05, 3.63) is 56.7 Å². The SMILES string of the molecule is Cn1c(=O)c2sccc2n2c(SCc3ccccc3Cl)nnc12. The Morgan fingerprint density at radius 3 is 2.91 bits per heavy atom. The topological polar surface area (TPSA) is 52.2 Å². The van der Waals surface area contributed by atoms with Gasteiger partial charge in [0.1, 0.15) is 4.70 Å². The summed E-state index contributed by atoms with van der Waals surface area (Å²) in [5.74, 6) is 1.23. The van der Waals surface area contributed by atoms with Crippen LogP contribution in [0.5, 0.6) is 0 Å². The van der Waals surface area contributed by atoms with Gasteiger partial charge in [-0.3, -0.25) is 13.8 Å². The molecule has 0 aliphatic carbocycles. The van der Waals surface area contributed by atoms with Crippen LogP contribution in [0.4, 0.5) is 0 Å². The number of fused-ring (bicyclic) bond motifs is 3. The quantitative estimate of drug-likeness (QED) is 0.523. The highest BCUT2D eigenvalue weighted by Gasteiger charge is 2.16. The lowest BCUT2D eigenvalue weighted by atomic mass is 10.2. The zero-order valence-electron chi connectivity index (χ0n) is 12.1. The molecule has 4 rings (SSSR count). The second kappa shape index (κ2) is 5.67. The van der Waals surface area contributed by atoms with Gasteiger partial charge in [-0.1, -0.05) is 41.6 Å². The summed E-state index contributed by atoms with van der Waals surface area (Å²) in [7, 11) is 1.72. The molecule has 0 fully saturated rings. The summed E-state index contributed by atoms with van der Waals surface area (Å²) in [6.07, 6.45) is 0. The van der Waals surface area contributed by atoms with Crippen molar-refractivity contribution in [2.75, 3.05) is 0 Å².